The normalized spacial score (nSPS) is 15.2. The molecule has 0 saturated carbocycles. The summed E-state index contributed by atoms with van der Waals surface area (Å²) in [5.74, 6) is 0.958. The first-order valence-electron chi connectivity index (χ1n) is 9.32. The summed E-state index contributed by atoms with van der Waals surface area (Å²) in [6.45, 7) is 1.80. The molecule has 2 heterocycles. The first-order chi connectivity index (χ1) is 14.9. The number of fused-ring (bicyclic) bond motifs is 1. The Morgan fingerprint density at radius 1 is 1.23 bits per heavy atom. The molecule has 3 aromatic rings. The van der Waals surface area contributed by atoms with Gasteiger partial charge < -0.3 is 25.2 Å². The van der Waals surface area contributed by atoms with Crippen molar-refractivity contribution in [3.63, 3.8) is 0 Å². The Hall–Kier alpha value is -3.53. The highest BCUT2D eigenvalue weighted by atomic mass is 79.9. The van der Waals surface area contributed by atoms with Gasteiger partial charge in [0.1, 0.15) is 18.1 Å². The molecule has 0 saturated heterocycles. The molecule has 1 aliphatic heterocycles. The smallest absolute Gasteiger partial charge is 0.255 e. The number of methoxy groups -OCH3 is 2. The van der Waals surface area contributed by atoms with Gasteiger partial charge in [0.05, 0.1) is 30.0 Å². The van der Waals surface area contributed by atoms with Gasteiger partial charge in [-0.05, 0) is 52.7 Å². The van der Waals surface area contributed by atoms with Gasteiger partial charge in [-0.1, -0.05) is 12.1 Å². The SMILES string of the molecule is COc1ccccc1NC(=O)C1=C(C)Nc2ncnn2[C@H]1c1cc(Br)c(O)c(OC)c1. The summed E-state index contributed by atoms with van der Waals surface area (Å²) in [6.07, 6.45) is 1.41. The van der Waals surface area contributed by atoms with E-state index in [4.69, 9.17) is 9.47 Å². The van der Waals surface area contributed by atoms with Crippen molar-refractivity contribution in [1.82, 2.24) is 14.8 Å². The largest absolute Gasteiger partial charge is 0.503 e. The van der Waals surface area contributed by atoms with Crippen LogP contribution in [0.1, 0.15) is 18.5 Å². The number of carbonyl (C=O) groups excluding carboxylic acids is 1. The number of phenols is 1. The fourth-order valence-electron chi connectivity index (χ4n) is 3.54. The number of amides is 1. The molecular formula is C21H20BrN5O4. The highest BCUT2D eigenvalue weighted by Gasteiger charge is 2.34. The lowest BCUT2D eigenvalue weighted by Crippen LogP contribution is -2.31. The molecule has 1 aromatic heterocycles. The van der Waals surface area contributed by atoms with Crippen LogP contribution in [-0.2, 0) is 4.79 Å². The summed E-state index contributed by atoms with van der Waals surface area (Å²) in [6, 6.07) is 9.96. The maximum absolute atomic E-state index is 13.4. The lowest BCUT2D eigenvalue weighted by atomic mass is 9.94. The number of halogens is 1. The lowest BCUT2D eigenvalue weighted by Gasteiger charge is -2.29. The van der Waals surface area contributed by atoms with Crippen LogP contribution in [0.4, 0.5) is 11.6 Å². The molecule has 1 amide bonds. The van der Waals surface area contributed by atoms with Gasteiger partial charge in [-0.2, -0.15) is 10.1 Å². The number of ether oxygens (including phenoxy) is 2. The van der Waals surface area contributed by atoms with Crippen molar-refractivity contribution in [2.24, 2.45) is 0 Å². The lowest BCUT2D eigenvalue weighted by molar-refractivity contribution is -0.113. The van der Waals surface area contributed by atoms with Gasteiger partial charge in [0.2, 0.25) is 5.95 Å². The average molecular weight is 486 g/mol. The Balaban J connectivity index is 1.82. The van der Waals surface area contributed by atoms with Gasteiger partial charge in [-0.25, -0.2) is 4.68 Å². The molecule has 0 spiro atoms. The van der Waals surface area contributed by atoms with Gasteiger partial charge in [-0.15, -0.1) is 0 Å². The number of rotatable bonds is 5. The van der Waals surface area contributed by atoms with Crippen molar-refractivity contribution in [2.75, 3.05) is 24.9 Å². The Morgan fingerprint density at radius 3 is 2.71 bits per heavy atom. The quantitative estimate of drug-likeness (QED) is 0.505. The first-order valence-corrected chi connectivity index (χ1v) is 10.1. The van der Waals surface area contributed by atoms with Crippen LogP contribution in [-0.4, -0.2) is 40.0 Å². The Bertz CT molecular complexity index is 1190. The van der Waals surface area contributed by atoms with Crippen molar-refractivity contribution in [3.8, 4) is 17.2 Å². The van der Waals surface area contributed by atoms with E-state index in [2.05, 4.69) is 36.6 Å². The summed E-state index contributed by atoms with van der Waals surface area (Å²) in [7, 11) is 3.01. The molecule has 4 rings (SSSR count). The summed E-state index contributed by atoms with van der Waals surface area (Å²) in [5.41, 5.74) is 2.28. The van der Waals surface area contributed by atoms with Crippen molar-refractivity contribution in [2.45, 2.75) is 13.0 Å². The van der Waals surface area contributed by atoms with Gasteiger partial charge in [-0.3, -0.25) is 4.79 Å². The van der Waals surface area contributed by atoms with Crippen LogP contribution < -0.4 is 20.1 Å². The molecule has 1 atom stereocenters. The second-order valence-corrected chi connectivity index (χ2v) is 7.66. The monoisotopic (exact) mass is 485 g/mol. The number of nitrogens with zero attached hydrogens (tertiary/aromatic N) is 3. The number of benzene rings is 2. The Kier molecular flexibility index (Phi) is 5.55. The van der Waals surface area contributed by atoms with Crippen molar-refractivity contribution < 1.29 is 19.4 Å². The van der Waals surface area contributed by atoms with Crippen LogP contribution in [0.15, 0.2) is 58.5 Å². The predicted octanol–water partition coefficient (Wildman–Crippen LogP) is 3.69. The number of allylic oxidation sites excluding steroid dienone is 1. The minimum Gasteiger partial charge on any atom is -0.503 e. The van der Waals surface area contributed by atoms with Gasteiger partial charge in [0.25, 0.3) is 5.91 Å². The van der Waals surface area contributed by atoms with Gasteiger partial charge >= 0.3 is 0 Å². The Morgan fingerprint density at radius 2 is 1.97 bits per heavy atom. The number of carbonyl (C=O) groups is 1. The third-order valence-corrected chi connectivity index (χ3v) is 5.59. The molecular weight excluding hydrogens is 466 g/mol. The van der Waals surface area contributed by atoms with Crippen molar-refractivity contribution >= 4 is 33.5 Å². The fourth-order valence-corrected chi connectivity index (χ4v) is 4.00. The van der Waals surface area contributed by atoms with Crippen LogP contribution in [0.2, 0.25) is 0 Å². The van der Waals surface area contributed by atoms with Crippen LogP contribution >= 0.6 is 15.9 Å². The van der Waals surface area contributed by atoms with Gasteiger partial charge in [0, 0.05) is 5.70 Å². The number of aromatic nitrogens is 3. The maximum Gasteiger partial charge on any atom is 0.255 e. The van der Waals surface area contributed by atoms with Crippen LogP contribution in [0.5, 0.6) is 17.2 Å². The van der Waals surface area contributed by atoms with E-state index in [1.807, 2.05) is 12.1 Å². The molecule has 0 aliphatic carbocycles. The van der Waals surface area contributed by atoms with Crippen molar-refractivity contribution in [1.29, 1.82) is 0 Å². The second kappa shape index (κ2) is 8.31. The summed E-state index contributed by atoms with van der Waals surface area (Å²) >= 11 is 3.36. The number of para-hydroxylation sites is 2. The fraction of sp³-hybridized carbons (Fsp3) is 0.190. The number of aromatic hydroxyl groups is 1. The molecule has 0 radical (unpaired) electrons. The highest BCUT2D eigenvalue weighted by Crippen LogP contribution is 2.42. The molecule has 0 bridgehead atoms. The molecule has 3 N–H and O–H groups in total. The molecule has 9 nitrogen and oxygen atoms in total. The third kappa shape index (κ3) is 3.70. The predicted molar refractivity (Wildman–Crippen MR) is 118 cm³/mol. The molecule has 31 heavy (non-hydrogen) atoms. The van der Waals surface area contributed by atoms with Crippen LogP contribution in [0, 0.1) is 0 Å². The molecule has 0 unspecified atom stereocenters. The summed E-state index contributed by atoms with van der Waals surface area (Å²) in [5, 5.41) is 20.6. The van der Waals surface area contributed by atoms with E-state index in [1.54, 1.807) is 43.0 Å². The zero-order chi connectivity index (χ0) is 22.1. The van der Waals surface area contributed by atoms with E-state index in [1.165, 1.54) is 13.4 Å². The Labute approximate surface area is 186 Å². The molecule has 1 aliphatic rings. The molecule has 10 heteroatoms. The van der Waals surface area contributed by atoms with E-state index in [9.17, 15) is 9.90 Å². The van der Waals surface area contributed by atoms with Gasteiger partial charge in [0.15, 0.2) is 11.5 Å². The van der Waals surface area contributed by atoms with E-state index < -0.39 is 6.04 Å². The van der Waals surface area contributed by atoms with E-state index in [-0.39, 0.29) is 17.4 Å². The number of anilines is 2. The molecule has 2 aromatic carbocycles. The summed E-state index contributed by atoms with van der Waals surface area (Å²) in [4.78, 5) is 17.7. The average Bonchev–Trinajstić information content (AvgIpc) is 3.22. The third-order valence-electron chi connectivity index (χ3n) is 4.98. The molecule has 160 valence electrons. The number of phenolic OH excluding ortho intramolecular Hbond substituents is 1. The van der Waals surface area contributed by atoms with Crippen LogP contribution in [0.3, 0.4) is 0 Å². The van der Waals surface area contributed by atoms with Crippen molar-refractivity contribution in [3.05, 3.63) is 64.0 Å². The second-order valence-electron chi connectivity index (χ2n) is 6.80. The topological polar surface area (TPSA) is 111 Å². The number of nitrogens with one attached hydrogen (secondary N) is 2. The van der Waals surface area contributed by atoms with Crippen LogP contribution in [0.25, 0.3) is 0 Å². The standard InChI is InChI=1S/C21H20BrN5O4/c1-11-17(20(29)26-14-6-4-5-7-15(14)30-2)18(27-21(25-11)23-10-24-27)12-8-13(22)19(28)16(9-12)31-3/h4-10,18,28H,1-3H3,(H,26,29)(H,23,24,25)/t18-/m0/s1. The zero-order valence-corrected chi connectivity index (χ0v) is 18.6. The maximum atomic E-state index is 13.4. The minimum atomic E-state index is -0.612. The summed E-state index contributed by atoms with van der Waals surface area (Å²) < 4.78 is 12.7. The molecule has 0 fully saturated rings. The number of hydrogen-bond donors (Lipinski definition) is 3. The number of hydrogen-bond acceptors (Lipinski definition) is 7. The highest BCUT2D eigenvalue weighted by molar-refractivity contribution is 9.10. The van der Waals surface area contributed by atoms with E-state index in [0.717, 1.165) is 0 Å². The first kappa shape index (κ1) is 20.7. The van der Waals surface area contributed by atoms with E-state index in [0.29, 0.717) is 38.7 Å². The minimum absolute atomic E-state index is 0.0280. The van der Waals surface area contributed by atoms with E-state index >= 15 is 0 Å². The zero-order valence-electron chi connectivity index (χ0n) is 17.0.